The number of rotatable bonds is 9. The summed E-state index contributed by atoms with van der Waals surface area (Å²) in [7, 11) is -3.54. The number of carbonyl (C=O) groups excluding carboxylic acids is 1. The Morgan fingerprint density at radius 2 is 1.89 bits per heavy atom. The predicted molar refractivity (Wildman–Crippen MR) is 109 cm³/mol. The average molecular weight is 395 g/mol. The maximum atomic E-state index is 13.0. The fourth-order valence-electron chi connectivity index (χ4n) is 3.55. The summed E-state index contributed by atoms with van der Waals surface area (Å²) in [6.07, 6.45) is 7.32. The molecule has 0 unspecified atom stereocenters. The first-order chi connectivity index (χ1) is 12.9. The van der Waals surface area contributed by atoms with E-state index < -0.39 is 10.0 Å². The molecule has 1 heterocycles. The van der Waals surface area contributed by atoms with Gasteiger partial charge in [0.15, 0.2) is 0 Å². The van der Waals surface area contributed by atoms with E-state index in [2.05, 4.69) is 19.2 Å². The lowest BCUT2D eigenvalue weighted by Crippen LogP contribution is -2.36. The van der Waals surface area contributed by atoms with Crippen LogP contribution < -0.4 is 5.32 Å². The molecule has 152 valence electrons. The van der Waals surface area contributed by atoms with Gasteiger partial charge in [-0.05, 0) is 49.8 Å². The first-order valence-corrected chi connectivity index (χ1v) is 11.7. The smallest absolute Gasteiger partial charge is 0.251 e. The normalized spacial score (nSPS) is 16.9. The zero-order valence-electron chi connectivity index (χ0n) is 17.0. The Hall–Kier alpha value is -1.40. The molecule has 2 rings (SSSR count). The van der Waals surface area contributed by atoms with E-state index in [9.17, 15) is 13.2 Å². The molecule has 1 atom stereocenters. The van der Waals surface area contributed by atoms with E-state index in [0.29, 0.717) is 36.7 Å². The predicted octanol–water partition coefficient (Wildman–Crippen LogP) is 4.12. The quantitative estimate of drug-likeness (QED) is 0.685. The van der Waals surface area contributed by atoms with E-state index in [1.54, 1.807) is 29.4 Å². The number of hydrogen-bond acceptors (Lipinski definition) is 3. The summed E-state index contributed by atoms with van der Waals surface area (Å²) in [5, 5.41) is 2.99. The largest absolute Gasteiger partial charge is 0.352 e. The highest BCUT2D eigenvalue weighted by Gasteiger charge is 2.28. The Balaban J connectivity index is 2.12. The molecule has 0 aromatic heterocycles. The Morgan fingerprint density at radius 1 is 1.19 bits per heavy atom. The third-order valence-electron chi connectivity index (χ3n) is 5.48. The second-order valence-corrected chi connectivity index (χ2v) is 9.48. The van der Waals surface area contributed by atoms with Crippen LogP contribution in [0.1, 0.15) is 74.7 Å². The van der Waals surface area contributed by atoms with Crippen molar-refractivity contribution in [2.75, 3.05) is 19.6 Å². The summed E-state index contributed by atoms with van der Waals surface area (Å²) in [4.78, 5) is 12.8. The Kier molecular flexibility index (Phi) is 8.29. The van der Waals surface area contributed by atoms with Gasteiger partial charge >= 0.3 is 0 Å². The minimum Gasteiger partial charge on any atom is -0.352 e. The van der Waals surface area contributed by atoms with Crippen molar-refractivity contribution in [3.05, 3.63) is 29.3 Å². The van der Waals surface area contributed by atoms with Gasteiger partial charge in [0.2, 0.25) is 10.0 Å². The monoisotopic (exact) mass is 394 g/mol. The van der Waals surface area contributed by atoms with Crippen molar-refractivity contribution in [1.82, 2.24) is 9.62 Å². The van der Waals surface area contributed by atoms with Crippen LogP contribution in [0.2, 0.25) is 0 Å². The summed E-state index contributed by atoms with van der Waals surface area (Å²) in [6, 6.07) is 4.99. The van der Waals surface area contributed by atoms with E-state index in [-0.39, 0.29) is 10.8 Å². The molecule has 1 aliphatic heterocycles. The van der Waals surface area contributed by atoms with Crippen molar-refractivity contribution >= 4 is 15.9 Å². The molecule has 6 heteroatoms. The minimum atomic E-state index is -3.54. The van der Waals surface area contributed by atoms with Crippen molar-refractivity contribution in [3.63, 3.8) is 0 Å². The molecule has 1 amide bonds. The topological polar surface area (TPSA) is 66.5 Å². The van der Waals surface area contributed by atoms with Crippen LogP contribution in [0.15, 0.2) is 23.1 Å². The molecule has 5 nitrogen and oxygen atoms in total. The lowest BCUT2D eigenvalue weighted by atomic mass is 9.99. The van der Waals surface area contributed by atoms with Gasteiger partial charge in [-0.3, -0.25) is 4.79 Å². The van der Waals surface area contributed by atoms with Gasteiger partial charge in [-0.15, -0.1) is 0 Å². The molecular formula is C21H34N2O3S. The first kappa shape index (κ1) is 21.9. The molecule has 0 spiro atoms. The molecule has 0 saturated carbocycles. The van der Waals surface area contributed by atoms with Gasteiger partial charge in [0.25, 0.3) is 5.91 Å². The van der Waals surface area contributed by atoms with Crippen LogP contribution in [0.4, 0.5) is 0 Å². The third-order valence-corrected chi connectivity index (χ3v) is 7.52. The van der Waals surface area contributed by atoms with Gasteiger partial charge in [-0.2, -0.15) is 4.31 Å². The van der Waals surface area contributed by atoms with Crippen molar-refractivity contribution in [2.45, 2.75) is 70.6 Å². The van der Waals surface area contributed by atoms with E-state index in [0.717, 1.165) is 44.9 Å². The van der Waals surface area contributed by atoms with Crippen molar-refractivity contribution < 1.29 is 13.2 Å². The average Bonchev–Trinajstić information content (AvgIpc) is 2.68. The zero-order chi connectivity index (χ0) is 19.9. The highest BCUT2D eigenvalue weighted by atomic mass is 32.2. The molecule has 0 bridgehead atoms. The Bertz CT molecular complexity index is 725. The number of piperidine rings is 1. The van der Waals surface area contributed by atoms with Crippen molar-refractivity contribution in [1.29, 1.82) is 0 Å². The zero-order valence-corrected chi connectivity index (χ0v) is 17.8. The van der Waals surface area contributed by atoms with Gasteiger partial charge in [0.05, 0.1) is 4.90 Å². The number of amides is 1. The molecule has 1 aromatic carbocycles. The van der Waals surface area contributed by atoms with Crippen LogP contribution in [0.25, 0.3) is 0 Å². The number of aryl methyl sites for hydroxylation is 1. The molecule has 1 N–H and O–H groups in total. The van der Waals surface area contributed by atoms with Gasteiger partial charge in [-0.1, -0.05) is 45.6 Å². The SMILES string of the molecule is CCCC[C@H](CC)CNC(=O)c1ccc(C)c(S(=O)(=O)N2CCCCC2)c1. The molecule has 1 saturated heterocycles. The molecule has 1 fully saturated rings. The highest BCUT2D eigenvalue weighted by Crippen LogP contribution is 2.24. The van der Waals surface area contributed by atoms with Crippen LogP contribution in [0.5, 0.6) is 0 Å². The van der Waals surface area contributed by atoms with Crippen molar-refractivity contribution in [2.24, 2.45) is 5.92 Å². The highest BCUT2D eigenvalue weighted by molar-refractivity contribution is 7.89. The molecule has 1 aliphatic rings. The number of unbranched alkanes of at least 4 members (excludes halogenated alkanes) is 1. The third kappa shape index (κ3) is 5.79. The summed E-state index contributed by atoms with van der Waals surface area (Å²) >= 11 is 0. The summed E-state index contributed by atoms with van der Waals surface area (Å²) < 4.78 is 27.6. The lowest BCUT2D eigenvalue weighted by Gasteiger charge is -2.26. The van der Waals surface area contributed by atoms with E-state index >= 15 is 0 Å². The van der Waals surface area contributed by atoms with Crippen LogP contribution >= 0.6 is 0 Å². The number of benzene rings is 1. The molecule has 0 radical (unpaired) electrons. The fraction of sp³-hybridized carbons (Fsp3) is 0.667. The second-order valence-electron chi connectivity index (χ2n) is 7.57. The number of nitrogens with one attached hydrogen (secondary N) is 1. The minimum absolute atomic E-state index is 0.194. The van der Waals surface area contributed by atoms with Crippen LogP contribution in [-0.4, -0.2) is 38.3 Å². The fourth-order valence-corrected chi connectivity index (χ4v) is 5.31. The van der Waals surface area contributed by atoms with Gasteiger partial charge in [0, 0.05) is 25.2 Å². The summed E-state index contributed by atoms with van der Waals surface area (Å²) in [5.74, 6) is 0.274. The summed E-state index contributed by atoms with van der Waals surface area (Å²) in [6.45, 7) is 7.86. The first-order valence-electron chi connectivity index (χ1n) is 10.3. The number of hydrogen-bond donors (Lipinski definition) is 1. The lowest BCUT2D eigenvalue weighted by molar-refractivity contribution is 0.0945. The van der Waals surface area contributed by atoms with E-state index in [1.165, 1.54) is 0 Å². The van der Waals surface area contributed by atoms with Crippen LogP contribution in [0, 0.1) is 12.8 Å². The van der Waals surface area contributed by atoms with Crippen LogP contribution in [0.3, 0.4) is 0 Å². The molecule has 1 aromatic rings. The van der Waals surface area contributed by atoms with Gasteiger partial charge in [0.1, 0.15) is 0 Å². The molecule has 0 aliphatic carbocycles. The van der Waals surface area contributed by atoms with E-state index in [1.807, 2.05) is 0 Å². The summed E-state index contributed by atoms with van der Waals surface area (Å²) in [5.41, 5.74) is 1.10. The number of nitrogens with zero attached hydrogens (tertiary/aromatic N) is 1. The molecule has 27 heavy (non-hydrogen) atoms. The maximum Gasteiger partial charge on any atom is 0.251 e. The van der Waals surface area contributed by atoms with Crippen molar-refractivity contribution in [3.8, 4) is 0 Å². The second kappa shape index (κ2) is 10.2. The standard InChI is InChI=1S/C21H34N2O3S/c1-4-6-10-18(5-2)16-22-21(24)19-12-11-17(3)20(15-19)27(25,26)23-13-8-7-9-14-23/h11-12,15,18H,4-10,13-14,16H2,1-3H3,(H,22,24)/t18-/m0/s1. The van der Waals surface area contributed by atoms with Gasteiger partial charge < -0.3 is 5.32 Å². The van der Waals surface area contributed by atoms with Crippen LogP contribution in [-0.2, 0) is 10.0 Å². The van der Waals surface area contributed by atoms with E-state index in [4.69, 9.17) is 0 Å². The number of carbonyl (C=O) groups is 1. The Labute approximate surface area is 164 Å². The van der Waals surface area contributed by atoms with Gasteiger partial charge in [-0.25, -0.2) is 8.42 Å². The molecular weight excluding hydrogens is 360 g/mol. The Morgan fingerprint density at radius 3 is 2.52 bits per heavy atom. The maximum absolute atomic E-state index is 13.0. The number of sulfonamides is 1.